The summed E-state index contributed by atoms with van der Waals surface area (Å²) >= 11 is 0. The van der Waals surface area contributed by atoms with Crippen LogP contribution in [-0.4, -0.2) is 13.9 Å². The van der Waals surface area contributed by atoms with Gasteiger partial charge in [0.25, 0.3) is 0 Å². The van der Waals surface area contributed by atoms with Crippen molar-refractivity contribution in [3.8, 4) is 0 Å². The lowest BCUT2D eigenvalue weighted by atomic mass is 9.61. The molecule has 13 heavy (non-hydrogen) atoms. The van der Waals surface area contributed by atoms with Crippen molar-refractivity contribution in [2.75, 3.05) is 0 Å². The van der Waals surface area contributed by atoms with E-state index in [1.165, 1.54) is 12.5 Å². The number of carbonyl (C=O) groups excluding carboxylic acids is 1. The molecule has 1 aliphatic rings. The van der Waals surface area contributed by atoms with Gasteiger partial charge in [-0.15, -0.1) is 0 Å². The highest BCUT2D eigenvalue weighted by molar-refractivity contribution is 6.76. The predicted molar refractivity (Wildman–Crippen MR) is 59.7 cm³/mol. The van der Waals surface area contributed by atoms with Crippen molar-refractivity contribution in [3.05, 3.63) is 0 Å². The van der Waals surface area contributed by atoms with Crippen LogP contribution >= 0.6 is 0 Å². The molecule has 2 unspecified atom stereocenters. The van der Waals surface area contributed by atoms with Crippen molar-refractivity contribution in [2.45, 2.75) is 52.4 Å². The van der Waals surface area contributed by atoms with E-state index < -0.39 is 8.07 Å². The third-order valence-corrected chi connectivity index (χ3v) is 5.14. The third kappa shape index (κ3) is 2.43. The molecule has 1 nitrogen and oxygen atoms in total. The zero-order valence-electron chi connectivity index (χ0n) is 9.61. The number of carbonyl (C=O) groups is 1. The third-order valence-electron chi connectivity index (χ3n) is 3.27. The number of hydrogen-bond acceptors (Lipinski definition) is 1. The summed E-state index contributed by atoms with van der Waals surface area (Å²) in [6.45, 7) is 11.3. The highest BCUT2D eigenvalue weighted by atomic mass is 28.3. The van der Waals surface area contributed by atoms with Gasteiger partial charge in [-0.3, -0.25) is 4.79 Å². The van der Waals surface area contributed by atoms with E-state index in [2.05, 4.69) is 26.6 Å². The van der Waals surface area contributed by atoms with Crippen LogP contribution in [0.5, 0.6) is 0 Å². The molecule has 1 aliphatic carbocycles. The molecule has 0 aliphatic heterocycles. The summed E-state index contributed by atoms with van der Waals surface area (Å²) in [5, 5.41) is 0. The van der Waals surface area contributed by atoms with Crippen molar-refractivity contribution in [3.63, 3.8) is 0 Å². The van der Waals surface area contributed by atoms with Gasteiger partial charge < -0.3 is 0 Å². The minimum Gasteiger partial charge on any atom is -0.300 e. The van der Waals surface area contributed by atoms with Crippen LogP contribution in [0.4, 0.5) is 0 Å². The van der Waals surface area contributed by atoms with Crippen LogP contribution in [0.2, 0.25) is 25.7 Å². The largest absolute Gasteiger partial charge is 0.300 e. The van der Waals surface area contributed by atoms with Crippen LogP contribution < -0.4 is 0 Å². The van der Waals surface area contributed by atoms with Crippen LogP contribution in [0.15, 0.2) is 0 Å². The summed E-state index contributed by atoms with van der Waals surface area (Å²) in [6, 6.07) is 1.31. The fraction of sp³-hybridized carbons (Fsp3) is 0.909. The van der Waals surface area contributed by atoms with Crippen LogP contribution in [0.25, 0.3) is 0 Å². The predicted octanol–water partition coefficient (Wildman–Crippen LogP) is 3.33. The van der Waals surface area contributed by atoms with E-state index in [1.54, 1.807) is 6.92 Å². The molecular weight excluding hydrogens is 176 g/mol. The number of ketones is 1. The van der Waals surface area contributed by atoms with Crippen molar-refractivity contribution >= 4 is 13.9 Å². The second kappa shape index (κ2) is 3.23. The summed E-state index contributed by atoms with van der Waals surface area (Å²) in [7, 11) is -1.00. The summed E-state index contributed by atoms with van der Waals surface area (Å²) < 4.78 is 0. The highest BCUT2D eigenvalue weighted by Crippen LogP contribution is 2.51. The molecule has 2 atom stereocenters. The Hall–Kier alpha value is -0.113. The molecule has 0 amide bonds. The number of hydrogen-bond donors (Lipinski definition) is 0. The Kier molecular flexibility index (Phi) is 2.72. The molecule has 1 saturated carbocycles. The lowest BCUT2D eigenvalue weighted by Gasteiger charge is -2.48. The average Bonchev–Trinajstić information content (AvgIpc) is 1.79. The quantitative estimate of drug-likeness (QED) is 0.636. The number of rotatable bonds is 3. The molecule has 0 bridgehead atoms. The number of Topliss-reactive ketones (excluding diaryl/α,β-unsaturated/α-hetero) is 1. The molecule has 0 aromatic carbocycles. The standard InChI is InChI=1S/C11H22OSi/c1-9(12)10-6-7-11(10,2)8-13(3,4)5/h10H,6-8H2,1-5H3. The van der Waals surface area contributed by atoms with Crippen LogP contribution in [0.1, 0.15) is 26.7 Å². The maximum atomic E-state index is 11.3. The fourth-order valence-corrected chi connectivity index (χ4v) is 5.74. The Balaban J connectivity index is 2.63. The van der Waals surface area contributed by atoms with Gasteiger partial charge in [-0.2, -0.15) is 0 Å². The molecule has 0 N–H and O–H groups in total. The van der Waals surface area contributed by atoms with Gasteiger partial charge in [0.05, 0.1) is 0 Å². The van der Waals surface area contributed by atoms with Crippen LogP contribution in [0, 0.1) is 11.3 Å². The average molecular weight is 198 g/mol. The Labute approximate surface area is 82.9 Å². The molecule has 1 fully saturated rings. The van der Waals surface area contributed by atoms with Gasteiger partial charge in [-0.05, 0) is 25.2 Å². The monoisotopic (exact) mass is 198 g/mol. The normalized spacial score (nSPS) is 34.1. The Bertz CT molecular complexity index is 217. The van der Waals surface area contributed by atoms with E-state index in [4.69, 9.17) is 0 Å². The van der Waals surface area contributed by atoms with E-state index >= 15 is 0 Å². The minimum atomic E-state index is -1.00. The molecule has 0 aromatic rings. The zero-order valence-corrected chi connectivity index (χ0v) is 10.6. The Morgan fingerprint density at radius 2 is 2.00 bits per heavy atom. The van der Waals surface area contributed by atoms with Gasteiger partial charge in [-0.1, -0.05) is 32.6 Å². The lowest BCUT2D eigenvalue weighted by Crippen LogP contribution is -2.45. The van der Waals surface area contributed by atoms with E-state index in [-0.39, 0.29) is 0 Å². The minimum absolute atomic E-state index is 0.357. The maximum Gasteiger partial charge on any atom is 0.133 e. The first-order chi connectivity index (χ1) is 5.75. The zero-order chi connectivity index (χ0) is 10.3. The van der Waals surface area contributed by atoms with Gasteiger partial charge in [0.1, 0.15) is 5.78 Å². The van der Waals surface area contributed by atoms with E-state index in [0.717, 1.165) is 6.42 Å². The molecule has 0 aromatic heterocycles. The molecule has 76 valence electrons. The van der Waals surface area contributed by atoms with Crippen molar-refractivity contribution in [1.29, 1.82) is 0 Å². The Morgan fingerprint density at radius 3 is 2.23 bits per heavy atom. The summed E-state index contributed by atoms with van der Waals surface area (Å²) in [4.78, 5) is 11.3. The summed E-state index contributed by atoms with van der Waals surface area (Å²) in [5.41, 5.74) is 0.357. The van der Waals surface area contributed by atoms with Crippen molar-refractivity contribution in [2.24, 2.45) is 11.3 Å². The fourth-order valence-electron chi connectivity index (χ4n) is 2.90. The lowest BCUT2D eigenvalue weighted by molar-refractivity contribution is -0.129. The summed E-state index contributed by atoms with van der Waals surface area (Å²) in [6.07, 6.45) is 2.40. The van der Waals surface area contributed by atoms with Crippen molar-refractivity contribution < 1.29 is 4.79 Å². The van der Waals surface area contributed by atoms with E-state index in [0.29, 0.717) is 17.1 Å². The van der Waals surface area contributed by atoms with E-state index in [1.807, 2.05) is 0 Å². The SMILES string of the molecule is CC(=O)C1CCC1(C)C[Si](C)(C)C. The molecule has 0 spiro atoms. The first kappa shape index (κ1) is 11.0. The Morgan fingerprint density at radius 1 is 1.46 bits per heavy atom. The van der Waals surface area contributed by atoms with Gasteiger partial charge in [-0.25, -0.2) is 0 Å². The van der Waals surface area contributed by atoms with Crippen molar-refractivity contribution in [1.82, 2.24) is 0 Å². The maximum absolute atomic E-state index is 11.3. The van der Waals surface area contributed by atoms with Crippen LogP contribution in [0.3, 0.4) is 0 Å². The molecule has 0 saturated heterocycles. The molecular formula is C11H22OSi. The first-order valence-electron chi connectivity index (χ1n) is 5.25. The second-order valence-electron chi connectivity index (χ2n) is 6.09. The smallest absolute Gasteiger partial charge is 0.133 e. The van der Waals surface area contributed by atoms with E-state index in [9.17, 15) is 4.79 Å². The molecule has 0 heterocycles. The first-order valence-corrected chi connectivity index (χ1v) is 8.96. The topological polar surface area (TPSA) is 17.1 Å². The van der Waals surface area contributed by atoms with Gasteiger partial charge in [0, 0.05) is 14.0 Å². The highest BCUT2D eigenvalue weighted by Gasteiger charge is 2.46. The van der Waals surface area contributed by atoms with Gasteiger partial charge in [0.15, 0.2) is 0 Å². The molecule has 1 rings (SSSR count). The molecule has 2 heteroatoms. The van der Waals surface area contributed by atoms with Crippen LogP contribution in [-0.2, 0) is 4.79 Å². The summed E-state index contributed by atoms with van der Waals surface area (Å²) in [5.74, 6) is 0.784. The second-order valence-corrected chi connectivity index (χ2v) is 11.6. The van der Waals surface area contributed by atoms with Gasteiger partial charge in [0.2, 0.25) is 0 Å². The van der Waals surface area contributed by atoms with Gasteiger partial charge >= 0.3 is 0 Å². The molecule has 0 radical (unpaired) electrons.